The molecule has 0 aliphatic heterocycles. The van der Waals surface area contributed by atoms with E-state index in [0.717, 1.165) is 5.69 Å². The lowest BCUT2D eigenvalue weighted by molar-refractivity contribution is 0.553. The van der Waals surface area contributed by atoms with E-state index in [4.69, 9.17) is 11.6 Å². The molecule has 0 saturated heterocycles. The summed E-state index contributed by atoms with van der Waals surface area (Å²) < 4.78 is 0. The van der Waals surface area contributed by atoms with E-state index < -0.39 is 0 Å². The number of rotatable bonds is 0. The molecule has 1 heterocycles. The summed E-state index contributed by atoms with van der Waals surface area (Å²) in [5, 5.41) is 7.75. The fourth-order valence-corrected chi connectivity index (χ4v) is 0.691. The van der Waals surface area contributed by atoms with Gasteiger partial charge in [0.15, 0.2) is 0 Å². The van der Waals surface area contributed by atoms with Crippen LogP contribution < -0.4 is 0 Å². The summed E-state index contributed by atoms with van der Waals surface area (Å²) in [6.07, 6.45) is 1.65. The Morgan fingerprint density at radius 3 is 2.27 bits per heavy atom. The molecular formula is C7H10ClN3. The first kappa shape index (κ1) is 8.40. The minimum atomic E-state index is -0.00934. The first-order valence-electron chi connectivity index (χ1n) is 3.36. The van der Waals surface area contributed by atoms with Crippen molar-refractivity contribution in [1.82, 2.24) is 15.2 Å². The Labute approximate surface area is 70.8 Å². The van der Waals surface area contributed by atoms with E-state index in [9.17, 15) is 0 Å². The zero-order valence-electron chi connectivity index (χ0n) is 6.80. The third kappa shape index (κ3) is 2.12. The van der Waals surface area contributed by atoms with Crippen molar-refractivity contribution in [1.29, 1.82) is 0 Å². The van der Waals surface area contributed by atoms with Gasteiger partial charge in [0.25, 0.3) is 0 Å². The molecule has 0 radical (unpaired) electrons. The average molecular weight is 172 g/mol. The Bertz CT molecular complexity index is 237. The van der Waals surface area contributed by atoms with E-state index in [1.54, 1.807) is 6.20 Å². The molecule has 0 fully saturated rings. The molecule has 1 rings (SSSR count). The molecule has 1 aromatic rings. The Balaban J connectivity index is 2.99. The summed E-state index contributed by atoms with van der Waals surface area (Å²) in [6.45, 7) is 6.14. The first-order chi connectivity index (χ1) is 5.00. The third-order valence-electron chi connectivity index (χ3n) is 1.30. The van der Waals surface area contributed by atoms with E-state index >= 15 is 0 Å². The number of aromatic nitrogens is 3. The summed E-state index contributed by atoms with van der Waals surface area (Å²) in [6, 6.07) is 0. The Kier molecular flexibility index (Phi) is 2.09. The standard InChI is InChI=1S/C7H10ClN3/c1-7(2,3)5-4-9-6(8)11-10-5/h4H,1-3H3. The van der Waals surface area contributed by atoms with Gasteiger partial charge in [0.2, 0.25) is 5.28 Å². The van der Waals surface area contributed by atoms with Crippen LogP contribution in [0, 0.1) is 0 Å². The second kappa shape index (κ2) is 2.74. The highest BCUT2D eigenvalue weighted by Crippen LogP contribution is 2.17. The van der Waals surface area contributed by atoms with E-state index in [-0.39, 0.29) is 10.7 Å². The van der Waals surface area contributed by atoms with E-state index in [0.29, 0.717) is 0 Å². The molecular weight excluding hydrogens is 162 g/mol. The molecule has 0 aliphatic rings. The molecule has 0 saturated carbocycles. The lowest BCUT2D eigenvalue weighted by atomic mass is 9.93. The minimum absolute atomic E-state index is 0.00934. The molecule has 3 nitrogen and oxygen atoms in total. The quantitative estimate of drug-likeness (QED) is 0.598. The molecule has 0 aliphatic carbocycles. The maximum Gasteiger partial charge on any atom is 0.242 e. The predicted octanol–water partition coefficient (Wildman–Crippen LogP) is 1.82. The van der Waals surface area contributed by atoms with Gasteiger partial charge in [-0.1, -0.05) is 20.8 Å². The average Bonchev–Trinajstić information content (AvgIpc) is 1.86. The molecule has 60 valence electrons. The van der Waals surface area contributed by atoms with Crippen LogP contribution in [0.1, 0.15) is 26.5 Å². The fraction of sp³-hybridized carbons (Fsp3) is 0.571. The largest absolute Gasteiger partial charge is 0.242 e. The van der Waals surface area contributed by atoms with Gasteiger partial charge >= 0.3 is 0 Å². The van der Waals surface area contributed by atoms with Crippen molar-refractivity contribution in [3.63, 3.8) is 0 Å². The fourth-order valence-electron chi connectivity index (χ4n) is 0.605. The van der Waals surface area contributed by atoms with Gasteiger partial charge in [-0.05, 0) is 11.6 Å². The predicted molar refractivity (Wildman–Crippen MR) is 43.5 cm³/mol. The highest BCUT2D eigenvalue weighted by molar-refractivity contribution is 6.28. The van der Waals surface area contributed by atoms with E-state index in [1.807, 2.05) is 20.8 Å². The zero-order chi connectivity index (χ0) is 8.48. The van der Waals surface area contributed by atoms with Crippen LogP contribution in [0.4, 0.5) is 0 Å². The van der Waals surface area contributed by atoms with Crippen LogP contribution in [-0.2, 0) is 5.41 Å². The van der Waals surface area contributed by atoms with Crippen LogP contribution in [0.15, 0.2) is 6.20 Å². The van der Waals surface area contributed by atoms with Crippen LogP contribution in [0.3, 0.4) is 0 Å². The second-order valence-electron chi connectivity index (χ2n) is 3.36. The highest BCUT2D eigenvalue weighted by atomic mass is 35.5. The van der Waals surface area contributed by atoms with Gasteiger partial charge in [-0.15, -0.1) is 5.10 Å². The summed E-state index contributed by atoms with van der Waals surface area (Å²) in [7, 11) is 0. The van der Waals surface area contributed by atoms with Crippen molar-refractivity contribution >= 4 is 11.6 Å². The Hall–Kier alpha value is -0.700. The molecule has 0 unspecified atom stereocenters. The molecule has 11 heavy (non-hydrogen) atoms. The van der Waals surface area contributed by atoms with Crippen molar-refractivity contribution < 1.29 is 0 Å². The lowest BCUT2D eigenvalue weighted by Gasteiger charge is -2.15. The van der Waals surface area contributed by atoms with Crippen LogP contribution in [-0.4, -0.2) is 15.2 Å². The van der Waals surface area contributed by atoms with Crippen LogP contribution >= 0.6 is 11.6 Å². The van der Waals surface area contributed by atoms with Gasteiger partial charge in [0.05, 0.1) is 11.9 Å². The monoisotopic (exact) mass is 171 g/mol. The number of halogens is 1. The van der Waals surface area contributed by atoms with Crippen LogP contribution in [0.5, 0.6) is 0 Å². The molecule has 1 aromatic heterocycles. The lowest BCUT2D eigenvalue weighted by Crippen LogP contribution is -2.14. The van der Waals surface area contributed by atoms with Gasteiger partial charge in [-0.2, -0.15) is 5.10 Å². The van der Waals surface area contributed by atoms with E-state index in [2.05, 4.69) is 15.2 Å². The molecule has 0 aromatic carbocycles. The minimum Gasteiger partial charge on any atom is -0.223 e. The van der Waals surface area contributed by atoms with Crippen molar-refractivity contribution in [2.75, 3.05) is 0 Å². The molecule has 0 amide bonds. The topological polar surface area (TPSA) is 38.7 Å². The number of hydrogen-bond donors (Lipinski definition) is 0. The summed E-state index contributed by atoms with van der Waals surface area (Å²) in [5.41, 5.74) is 0.840. The third-order valence-corrected chi connectivity index (χ3v) is 1.48. The zero-order valence-corrected chi connectivity index (χ0v) is 7.55. The normalized spacial score (nSPS) is 11.6. The molecule has 4 heteroatoms. The van der Waals surface area contributed by atoms with Gasteiger partial charge in [-0.3, -0.25) is 0 Å². The van der Waals surface area contributed by atoms with Gasteiger partial charge in [0.1, 0.15) is 0 Å². The van der Waals surface area contributed by atoms with Crippen LogP contribution in [0.25, 0.3) is 0 Å². The van der Waals surface area contributed by atoms with Crippen molar-refractivity contribution in [3.8, 4) is 0 Å². The van der Waals surface area contributed by atoms with Gasteiger partial charge in [0, 0.05) is 5.41 Å². The van der Waals surface area contributed by atoms with Crippen molar-refractivity contribution in [2.24, 2.45) is 0 Å². The molecule has 0 spiro atoms. The maximum absolute atomic E-state index is 5.48. The number of hydrogen-bond acceptors (Lipinski definition) is 3. The maximum atomic E-state index is 5.48. The highest BCUT2D eigenvalue weighted by Gasteiger charge is 2.15. The molecule has 0 atom stereocenters. The summed E-state index contributed by atoms with van der Waals surface area (Å²) in [5.74, 6) is 0. The molecule has 0 bridgehead atoms. The molecule has 0 N–H and O–H groups in total. The summed E-state index contributed by atoms with van der Waals surface area (Å²) in [4.78, 5) is 3.84. The van der Waals surface area contributed by atoms with Gasteiger partial charge < -0.3 is 0 Å². The Morgan fingerprint density at radius 2 is 1.91 bits per heavy atom. The van der Waals surface area contributed by atoms with E-state index in [1.165, 1.54) is 0 Å². The number of nitrogens with zero attached hydrogens (tertiary/aromatic N) is 3. The van der Waals surface area contributed by atoms with Crippen molar-refractivity contribution in [3.05, 3.63) is 17.2 Å². The van der Waals surface area contributed by atoms with Gasteiger partial charge in [-0.25, -0.2) is 4.98 Å². The first-order valence-corrected chi connectivity index (χ1v) is 3.73. The smallest absolute Gasteiger partial charge is 0.223 e. The van der Waals surface area contributed by atoms with Crippen molar-refractivity contribution in [2.45, 2.75) is 26.2 Å². The second-order valence-corrected chi connectivity index (χ2v) is 3.70. The summed E-state index contributed by atoms with van der Waals surface area (Å²) >= 11 is 5.48. The van der Waals surface area contributed by atoms with Crippen LogP contribution in [0.2, 0.25) is 5.28 Å². The Morgan fingerprint density at radius 1 is 1.27 bits per heavy atom. The SMILES string of the molecule is CC(C)(C)c1cnc(Cl)nn1.